The Morgan fingerprint density at radius 2 is 1.83 bits per heavy atom. The number of alkyl halides is 3. The van der Waals surface area contributed by atoms with E-state index in [2.05, 4.69) is 4.74 Å². The largest absolute Gasteiger partial charge is 0.411 e. The summed E-state index contributed by atoms with van der Waals surface area (Å²) < 4.78 is 39.8. The number of rotatable bonds is 7. The first kappa shape index (κ1) is 15.3. The Hall–Kier alpha value is -0.720. The van der Waals surface area contributed by atoms with Gasteiger partial charge in [-0.1, -0.05) is 12.1 Å². The van der Waals surface area contributed by atoms with Crippen molar-refractivity contribution in [1.29, 1.82) is 0 Å². The van der Waals surface area contributed by atoms with Gasteiger partial charge in [-0.25, -0.2) is 0 Å². The number of nitrogens with two attached hydrogens (primary N) is 1. The summed E-state index contributed by atoms with van der Waals surface area (Å²) >= 11 is 1.60. The van der Waals surface area contributed by atoms with Gasteiger partial charge in [-0.3, -0.25) is 0 Å². The third-order valence-electron chi connectivity index (χ3n) is 2.13. The van der Waals surface area contributed by atoms with Gasteiger partial charge in [0.1, 0.15) is 6.61 Å². The Balaban J connectivity index is 2.10. The van der Waals surface area contributed by atoms with E-state index in [0.717, 1.165) is 16.2 Å². The Morgan fingerprint density at radius 1 is 1.17 bits per heavy atom. The zero-order chi connectivity index (χ0) is 13.4. The molecule has 0 aliphatic heterocycles. The minimum Gasteiger partial charge on any atom is -0.372 e. The van der Waals surface area contributed by atoms with Gasteiger partial charge in [-0.05, 0) is 24.1 Å². The third kappa shape index (κ3) is 6.88. The van der Waals surface area contributed by atoms with Gasteiger partial charge in [-0.15, -0.1) is 11.8 Å². The molecule has 0 fully saturated rings. The van der Waals surface area contributed by atoms with E-state index in [4.69, 9.17) is 5.73 Å². The minimum atomic E-state index is -4.23. The zero-order valence-electron chi connectivity index (χ0n) is 9.87. The van der Waals surface area contributed by atoms with Crippen molar-refractivity contribution in [3.63, 3.8) is 0 Å². The summed E-state index contributed by atoms with van der Waals surface area (Å²) in [5.74, 6) is 0.736. The van der Waals surface area contributed by atoms with Gasteiger partial charge >= 0.3 is 6.18 Å². The Kier molecular flexibility index (Phi) is 6.52. The summed E-state index contributed by atoms with van der Waals surface area (Å²) in [6, 6.07) is 7.82. The Labute approximate surface area is 109 Å². The van der Waals surface area contributed by atoms with Crippen molar-refractivity contribution in [2.75, 3.05) is 19.0 Å². The highest BCUT2D eigenvalue weighted by atomic mass is 32.2. The molecule has 0 aromatic heterocycles. The molecule has 2 N–H and O–H groups in total. The number of thioether (sulfide) groups is 1. The monoisotopic (exact) mass is 279 g/mol. The standard InChI is InChI=1S/C12H16F3NOS/c13-12(14,15)9-17-6-1-7-18-11-4-2-10(8-16)3-5-11/h2-5H,1,6-9,16H2. The molecule has 0 atom stereocenters. The predicted molar refractivity (Wildman–Crippen MR) is 66.5 cm³/mol. The molecule has 2 nitrogen and oxygen atoms in total. The summed E-state index contributed by atoms with van der Waals surface area (Å²) in [4.78, 5) is 1.09. The van der Waals surface area contributed by atoms with Crippen molar-refractivity contribution < 1.29 is 17.9 Å². The van der Waals surface area contributed by atoms with Gasteiger partial charge in [0.25, 0.3) is 0 Å². The first-order valence-corrected chi connectivity index (χ1v) is 6.56. The molecule has 0 aliphatic rings. The fourth-order valence-corrected chi connectivity index (χ4v) is 2.09. The summed E-state index contributed by atoms with van der Waals surface area (Å²) in [6.45, 7) is -0.521. The average molecular weight is 279 g/mol. The first-order valence-electron chi connectivity index (χ1n) is 5.57. The van der Waals surface area contributed by atoms with Crippen molar-refractivity contribution in [2.24, 2.45) is 5.73 Å². The molecule has 1 rings (SSSR count). The molecule has 0 saturated carbocycles. The molecule has 0 bridgehead atoms. The summed E-state index contributed by atoms with van der Waals surface area (Å²) in [6.07, 6.45) is -3.63. The van der Waals surface area contributed by atoms with E-state index in [1.165, 1.54) is 0 Å². The molecule has 6 heteroatoms. The quantitative estimate of drug-likeness (QED) is 0.615. The molecule has 18 heavy (non-hydrogen) atoms. The predicted octanol–water partition coefficient (Wildman–Crippen LogP) is 3.21. The zero-order valence-corrected chi connectivity index (χ0v) is 10.7. The summed E-state index contributed by atoms with van der Waals surface area (Å²) in [7, 11) is 0. The number of ether oxygens (including phenoxy) is 1. The lowest BCUT2D eigenvalue weighted by Crippen LogP contribution is -2.17. The molecule has 1 aromatic carbocycles. The van der Waals surface area contributed by atoms with E-state index in [1.807, 2.05) is 24.3 Å². The maximum Gasteiger partial charge on any atom is 0.411 e. The molecule has 0 radical (unpaired) electrons. The highest BCUT2D eigenvalue weighted by Gasteiger charge is 2.27. The van der Waals surface area contributed by atoms with Gasteiger partial charge in [-0.2, -0.15) is 13.2 Å². The second kappa shape index (κ2) is 7.66. The van der Waals surface area contributed by atoms with Crippen LogP contribution in [0.25, 0.3) is 0 Å². The fourth-order valence-electron chi connectivity index (χ4n) is 1.26. The average Bonchev–Trinajstić information content (AvgIpc) is 2.33. The number of halogens is 3. The van der Waals surface area contributed by atoms with Crippen LogP contribution in [-0.2, 0) is 11.3 Å². The van der Waals surface area contributed by atoms with Crippen LogP contribution < -0.4 is 5.73 Å². The van der Waals surface area contributed by atoms with Crippen LogP contribution >= 0.6 is 11.8 Å². The van der Waals surface area contributed by atoms with Crippen LogP contribution in [0.2, 0.25) is 0 Å². The number of hydrogen-bond acceptors (Lipinski definition) is 3. The summed E-state index contributed by atoms with van der Waals surface area (Å²) in [5, 5.41) is 0. The number of hydrogen-bond donors (Lipinski definition) is 1. The molecular formula is C12H16F3NOS. The maximum atomic E-state index is 11.8. The van der Waals surface area contributed by atoms with E-state index in [9.17, 15) is 13.2 Å². The van der Waals surface area contributed by atoms with Crippen LogP contribution in [0.15, 0.2) is 29.2 Å². The van der Waals surface area contributed by atoms with E-state index in [0.29, 0.717) is 13.0 Å². The van der Waals surface area contributed by atoms with E-state index < -0.39 is 12.8 Å². The van der Waals surface area contributed by atoms with Crippen molar-refractivity contribution in [2.45, 2.75) is 24.0 Å². The smallest absolute Gasteiger partial charge is 0.372 e. The SMILES string of the molecule is NCc1ccc(SCCCOCC(F)(F)F)cc1. The molecule has 0 saturated heterocycles. The van der Waals surface area contributed by atoms with Crippen LogP contribution in [-0.4, -0.2) is 25.1 Å². The second-order valence-corrected chi connectivity index (χ2v) is 4.89. The lowest BCUT2D eigenvalue weighted by Gasteiger charge is -2.07. The van der Waals surface area contributed by atoms with Crippen molar-refractivity contribution in [3.05, 3.63) is 29.8 Å². The second-order valence-electron chi connectivity index (χ2n) is 3.72. The first-order chi connectivity index (χ1) is 8.51. The van der Waals surface area contributed by atoms with Crippen molar-refractivity contribution in [3.8, 4) is 0 Å². The molecule has 0 heterocycles. The van der Waals surface area contributed by atoms with E-state index in [1.54, 1.807) is 11.8 Å². The van der Waals surface area contributed by atoms with Crippen molar-refractivity contribution in [1.82, 2.24) is 0 Å². The Bertz CT molecular complexity index is 340. The van der Waals surface area contributed by atoms with Gasteiger partial charge < -0.3 is 10.5 Å². The molecule has 0 aliphatic carbocycles. The van der Waals surface area contributed by atoms with Gasteiger partial charge in [0.05, 0.1) is 0 Å². The van der Waals surface area contributed by atoms with Crippen LogP contribution in [0, 0.1) is 0 Å². The lowest BCUT2D eigenvalue weighted by atomic mass is 10.2. The molecule has 102 valence electrons. The highest BCUT2D eigenvalue weighted by molar-refractivity contribution is 7.99. The van der Waals surface area contributed by atoms with Gasteiger partial charge in [0.2, 0.25) is 0 Å². The fraction of sp³-hybridized carbons (Fsp3) is 0.500. The molecule has 0 unspecified atom stereocenters. The van der Waals surface area contributed by atoms with Crippen LogP contribution in [0.3, 0.4) is 0 Å². The molecule has 0 spiro atoms. The van der Waals surface area contributed by atoms with Crippen LogP contribution in [0.1, 0.15) is 12.0 Å². The highest BCUT2D eigenvalue weighted by Crippen LogP contribution is 2.19. The van der Waals surface area contributed by atoms with Gasteiger partial charge in [0.15, 0.2) is 0 Å². The molecule has 1 aromatic rings. The third-order valence-corrected chi connectivity index (χ3v) is 3.22. The number of benzene rings is 1. The Morgan fingerprint density at radius 3 is 2.39 bits per heavy atom. The lowest BCUT2D eigenvalue weighted by molar-refractivity contribution is -0.173. The van der Waals surface area contributed by atoms with Crippen LogP contribution in [0.5, 0.6) is 0 Å². The van der Waals surface area contributed by atoms with E-state index >= 15 is 0 Å². The minimum absolute atomic E-state index is 0.132. The van der Waals surface area contributed by atoms with Crippen molar-refractivity contribution >= 4 is 11.8 Å². The van der Waals surface area contributed by atoms with Gasteiger partial charge in [0, 0.05) is 23.8 Å². The maximum absolute atomic E-state index is 11.8. The van der Waals surface area contributed by atoms with Crippen LogP contribution in [0.4, 0.5) is 13.2 Å². The van der Waals surface area contributed by atoms with E-state index in [-0.39, 0.29) is 6.61 Å². The normalized spacial score (nSPS) is 11.8. The molecule has 0 amide bonds. The molecular weight excluding hydrogens is 263 g/mol. The topological polar surface area (TPSA) is 35.2 Å². The summed E-state index contributed by atoms with van der Waals surface area (Å²) in [5.41, 5.74) is 6.54.